The second kappa shape index (κ2) is 12.8. The van der Waals surface area contributed by atoms with E-state index in [2.05, 4.69) is 13.8 Å². The lowest BCUT2D eigenvalue weighted by atomic mass is 10.4. The molecule has 0 amide bonds. The molecule has 0 rings (SSSR count). The molecule has 0 aromatic rings. The quantitative estimate of drug-likeness (QED) is 0.632. The number of hydrogen-bond acceptors (Lipinski definition) is 1. The maximum atomic E-state index is 10.9. The maximum absolute atomic E-state index is 10.9. The zero-order chi connectivity index (χ0) is 9.11. The molecule has 0 bridgehead atoms. The van der Waals surface area contributed by atoms with Crippen LogP contribution in [0.15, 0.2) is 0 Å². The van der Waals surface area contributed by atoms with E-state index in [-0.39, 0.29) is 0 Å². The molecule has 0 heterocycles. The Balaban J connectivity index is 0. The molecule has 0 saturated carbocycles. The molecule has 0 N–H and O–H groups in total. The maximum Gasteiger partial charge on any atom is 0.0234 e. The molecule has 0 aliphatic heterocycles. The average Bonchev–Trinajstić information content (AvgIpc) is 2.05. The Bertz CT molecular complexity index is 81.6. The highest BCUT2D eigenvalue weighted by atomic mass is 32.2. The van der Waals surface area contributed by atoms with E-state index in [1.807, 2.05) is 13.8 Å². The van der Waals surface area contributed by atoms with Crippen LogP contribution in [0.1, 0.15) is 47.0 Å². The molecule has 1 unspecified atom stereocenters. The van der Waals surface area contributed by atoms with E-state index in [4.69, 9.17) is 0 Å². The zero-order valence-electron chi connectivity index (χ0n) is 8.35. The third-order valence-electron chi connectivity index (χ3n) is 1.16. The highest BCUT2D eigenvalue weighted by Crippen LogP contribution is 1.93. The van der Waals surface area contributed by atoms with Crippen molar-refractivity contribution >= 4 is 10.8 Å². The second-order valence-corrected chi connectivity index (χ2v) is 3.90. The SMILES string of the molecule is CC.CCCCS(=O)CCC. The minimum absolute atomic E-state index is 0.520. The summed E-state index contributed by atoms with van der Waals surface area (Å²) in [5, 5.41) is 0. The van der Waals surface area contributed by atoms with E-state index in [1.165, 1.54) is 0 Å². The summed E-state index contributed by atoms with van der Waals surface area (Å²) < 4.78 is 10.9. The minimum atomic E-state index is -0.520. The molecule has 2 heteroatoms. The van der Waals surface area contributed by atoms with Crippen molar-refractivity contribution < 1.29 is 4.21 Å². The van der Waals surface area contributed by atoms with Crippen LogP contribution in [0.3, 0.4) is 0 Å². The molecule has 0 aliphatic rings. The van der Waals surface area contributed by atoms with Gasteiger partial charge in [0.05, 0.1) is 0 Å². The molecule has 0 aromatic heterocycles. The van der Waals surface area contributed by atoms with Crippen LogP contribution in [0.5, 0.6) is 0 Å². The van der Waals surface area contributed by atoms with Gasteiger partial charge in [0.25, 0.3) is 0 Å². The van der Waals surface area contributed by atoms with Gasteiger partial charge in [-0.1, -0.05) is 34.1 Å². The first kappa shape index (κ1) is 13.7. The molecular formula is C9H22OS. The Morgan fingerprint density at radius 3 is 1.91 bits per heavy atom. The molecule has 0 fully saturated rings. The predicted octanol–water partition coefficient (Wildman–Crippen LogP) is 2.97. The van der Waals surface area contributed by atoms with Crippen molar-refractivity contribution in [1.82, 2.24) is 0 Å². The van der Waals surface area contributed by atoms with Crippen molar-refractivity contribution in [3.63, 3.8) is 0 Å². The first-order valence-corrected chi connectivity index (χ1v) is 6.15. The van der Waals surface area contributed by atoms with E-state index in [9.17, 15) is 4.21 Å². The van der Waals surface area contributed by atoms with Crippen LogP contribution in [0.4, 0.5) is 0 Å². The van der Waals surface area contributed by atoms with Gasteiger partial charge in [0.1, 0.15) is 0 Å². The van der Waals surface area contributed by atoms with Gasteiger partial charge in [-0.05, 0) is 12.8 Å². The van der Waals surface area contributed by atoms with Crippen molar-refractivity contribution in [2.45, 2.75) is 47.0 Å². The molecular weight excluding hydrogens is 156 g/mol. The van der Waals surface area contributed by atoms with E-state index in [1.54, 1.807) is 0 Å². The Labute approximate surface area is 74.0 Å². The molecule has 0 saturated heterocycles. The average molecular weight is 178 g/mol. The third kappa shape index (κ3) is 13.2. The number of rotatable bonds is 5. The van der Waals surface area contributed by atoms with Crippen LogP contribution < -0.4 is 0 Å². The van der Waals surface area contributed by atoms with Gasteiger partial charge in [-0.3, -0.25) is 4.21 Å². The summed E-state index contributed by atoms with van der Waals surface area (Å²) in [4.78, 5) is 0. The van der Waals surface area contributed by atoms with E-state index in [0.717, 1.165) is 30.8 Å². The smallest absolute Gasteiger partial charge is 0.0234 e. The molecule has 1 nitrogen and oxygen atoms in total. The molecule has 0 spiro atoms. The minimum Gasteiger partial charge on any atom is -0.260 e. The molecule has 1 atom stereocenters. The standard InChI is InChI=1S/C7H16OS.C2H6/c1-3-5-7-9(8)6-4-2;1-2/h3-7H2,1-2H3;1-2H3. The van der Waals surface area contributed by atoms with Crippen molar-refractivity contribution in [3.05, 3.63) is 0 Å². The summed E-state index contributed by atoms with van der Waals surface area (Å²) in [5.74, 6) is 1.80. The first-order valence-electron chi connectivity index (χ1n) is 4.66. The second-order valence-electron chi connectivity index (χ2n) is 2.20. The first-order chi connectivity index (χ1) is 5.31. The van der Waals surface area contributed by atoms with Gasteiger partial charge >= 0.3 is 0 Å². The summed E-state index contributed by atoms with van der Waals surface area (Å²) in [6.07, 6.45) is 3.33. The summed E-state index contributed by atoms with van der Waals surface area (Å²) in [7, 11) is -0.520. The Morgan fingerprint density at radius 1 is 1.00 bits per heavy atom. The van der Waals surface area contributed by atoms with Gasteiger partial charge in [0.15, 0.2) is 0 Å². The lowest BCUT2D eigenvalue weighted by molar-refractivity contribution is 0.678. The Morgan fingerprint density at radius 2 is 1.55 bits per heavy atom. The summed E-state index contributed by atoms with van der Waals surface area (Å²) in [5.41, 5.74) is 0. The van der Waals surface area contributed by atoms with Gasteiger partial charge in [0.2, 0.25) is 0 Å². The number of unbranched alkanes of at least 4 members (excludes halogenated alkanes) is 1. The van der Waals surface area contributed by atoms with E-state index >= 15 is 0 Å². The normalized spacial score (nSPS) is 11.6. The van der Waals surface area contributed by atoms with Crippen molar-refractivity contribution in [2.24, 2.45) is 0 Å². The zero-order valence-corrected chi connectivity index (χ0v) is 9.17. The van der Waals surface area contributed by atoms with Crippen LogP contribution in [-0.4, -0.2) is 15.7 Å². The Hall–Kier alpha value is 0.150. The fourth-order valence-corrected chi connectivity index (χ4v) is 1.91. The van der Waals surface area contributed by atoms with Crippen LogP contribution in [0.2, 0.25) is 0 Å². The van der Waals surface area contributed by atoms with Crippen LogP contribution >= 0.6 is 0 Å². The van der Waals surface area contributed by atoms with Gasteiger partial charge in [-0.15, -0.1) is 0 Å². The van der Waals surface area contributed by atoms with Crippen molar-refractivity contribution in [2.75, 3.05) is 11.5 Å². The lowest BCUT2D eigenvalue weighted by Gasteiger charge is -1.95. The fourth-order valence-electron chi connectivity index (χ4n) is 0.635. The molecule has 0 aliphatic carbocycles. The van der Waals surface area contributed by atoms with Crippen molar-refractivity contribution in [3.8, 4) is 0 Å². The molecule has 0 aromatic carbocycles. The van der Waals surface area contributed by atoms with E-state index < -0.39 is 10.8 Å². The topological polar surface area (TPSA) is 17.1 Å². The van der Waals surface area contributed by atoms with Gasteiger partial charge < -0.3 is 0 Å². The van der Waals surface area contributed by atoms with Gasteiger partial charge in [-0.25, -0.2) is 0 Å². The molecule has 0 radical (unpaired) electrons. The van der Waals surface area contributed by atoms with Gasteiger partial charge in [0, 0.05) is 22.3 Å². The van der Waals surface area contributed by atoms with Gasteiger partial charge in [-0.2, -0.15) is 0 Å². The predicted molar refractivity (Wildman–Crippen MR) is 54.4 cm³/mol. The van der Waals surface area contributed by atoms with Crippen LogP contribution in [0, 0.1) is 0 Å². The lowest BCUT2D eigenvalue weighted by Crippen LogP contribution is -2.00. The molecule has 70 valence electrons. The summed E-state index contributed by atoms with van der Waals surface area (Å²) in [6.45, 7) is 8.20. The monoisotopic (exact) mass is 178 g/mol. The third-order valence-corrected chi connectivity index (χ3v) is 2.76. The van der Waals surface area contributed by atoms with E-state index in [0.29, 0.717) is 0 Å². The van der Waals surface area contributed by atoms with Crippen molar-refractivity contribution in [1.29, 1.82) is 0 Å². The number of hydrogen-bond donors (Lipinski definition) is 0. The summed E-state index contributed by atoms with van der Waals surface area (Å²) >= 11 is 0. The highest BCUT2D eigenvalue weighted by molar-refractivity contribution is 7.84. The Kier molecular flexibility index (Phi) is 16.0. The molecule has 11 heavy (non-hydrogen) atoms. The summed E-state index contributed by atoms with van der Waals surface area (Å²) in [6, 6.07) is 0. The van der Waals surface area contributed by atoms with Crippen LogP contribution in [0.25, 0.3) is 0 Å². The largest absolute Gasteiger partial charge is 0.260 e. The van der Waals surface area contributed by atoms with Crippen LogP contribution in [-0.2, 0) is 10.8 Å². The highest BCUT2D eigenvalue weighted by Gasteiger charge is 1.94. The fraction of sp³-hybridized carbons (Fsp3) is 1.00.